The zero-order chi connectivity index (χ0) is 17.6. The third-order valence-electron chi connectivity index (χ3n) is 4.33. The maximum absolute atomic E-state index is 12.1. The van der Waals surface area contributed by atoms with Gasteiger partial charge in [-0.2, -0.15) is 5.10 Å². The first-order chi connectivity index (χ1) is 12.1. The van der Waals surface area contributed by atoms with Crippen molar-refractivity contribution in [1.82, 2.24) is 9.78 Å². The van der Waals surface area contributed by atoms with E-state index in [1.54, 1.807) is 4.68 Å². The second kappa shape index (κ2) is 7.78. The number of hydrogen-bond donors (Lipinski definition) is 1. The van der Waals surface area contributed by atoms with Gasteiger partial charge in [-0.05, 0) is 18.4 Å². The number of anilines is 1. The number of carbonyl (C=O) groups is 1. The summed E-state index contributed by atoms with van der Waals surface area (Å²) in [7, 11) is 0. The van der Waals surface area contributed by atoms with Crippen molar-refractivity contribution in [1.29, 1.82) is 0 Å². The average Bonchev–Trinajstić information content (AvgIpc) is 3.05. The fraction of sp³-hybridized carbons (Fsp3) is 0.412. The van der Waals surface area contributed by atoms with Crippen molar-refractivity contribution in [3.05, 3.63) is 52.2 Å². The molecule has 132 valence electrons. The molecule has 3 rings (SSSR count). The van der Waals surface area contributed by atoms with Crippen molar-refractivity contribution >= 4 is 17.6 Å². The first kappa shape index (κ1) is 16.9. The minimum atomic E-state index is -0.732. The number of carbonyl (C=O) groups excluding carboxylic acids is 1. The Morgan fingerprint density at radius 3 is 2.68 bits per heavy atom. The number of aromatic nitrogens is 2. The molecule has 0 unspecified atom stereocenters. The number of hydrogen-bond acceptors (Lipinski definition) is 5. The normalized spacial score (nSPS) is 14.9. The van der Waals surface area contributed by atoms with E-state index in [9.17, 15) is 14.9 Å². The van der Waals surface area contributed by atoms with Crippen molar-refractivity contribution in [3.8, 4) is 0 Å². The Hall–Kier alpha value is -2.90. The van der Waals surface area contributed by atoms with Crippen LogP contribution in [0.2, 0.25) is 0 Å². The fourth-order valence-electron chi connectivity index (χ4n) is 3.07. The highest BCUT2D eigenvalue weighted by Gasteiger charge is 2.28. The summed E-state index contributed by atoms with van der Waals surface area (Å²) in [5.41, 5.74) is 0.621. The van der Waals surface area contributed by atoms with Crippen molar-refractivity contribution in [2.45, 2.75) is 44.8 Å². The second-order valence-corrected chi connectivity index (χ2v) is 6.06. The summed E-state index contributed by atoms with van der Waals surface area (Å²) in [5, 5.41) is 17.9. The third-order valence-corrected chi connectivity index (χ3v) is 4.33. The fourth-order valence-corrected chi connectivity index (χ4v) is 3.07. The molecule has 1 aromatic heterocycles. The maximum atomic E-state index is 12.1. The molecule has 1 aromatic carbocycles. The summed E-state index contributed by atoms with van der Waals surface area (Å²) < 4.78 is 6.72. The van der Waals surface area contributed by atoms with Gasteiger partial charge < -0.3 is 4.74 Å². The lowest BCUT2D eigenvalue weighted by molar-refractivity contribution is -0.384. The minimum Gasteiger partial charge on any atom is -0.444 e. The molecule has 0 atom stereocenters. The Bertz CT molecular complexity index is 738. The molecular weight excluding hydrogens is 324 g/mol. The van der Waals surface area contributed by atoms with E-state index in [0.29, 0.717) is 0 Å². The van der Waals surface area contributed by atoms with Crippen molar-refractivity contribution < 1.29 is 14.5 Å². The number of nitrogens with one attached hydrogen (secondary N) is 1. The summed E-state index contributed by atoms with van der Waals surface area (Å²) in [5.74, 6) is 0.0926. The molecule has 2 aromatic rings. The number of nitro groups is 1. The third kappa shape index (κ3) is 4.14. The van der Waals surface area contributed by atoms with Gasteiger partial charge in [0.15, 0.2) is 0 Å². The topological polar surface area (TPSA) is 99.3 Å². The summed E-state index contributed by atoms with van der Waals surface area (Å²) in [4.78, 5) is 22.8. The van der Waals surface area contributed by atoms with E-state index in [0.717, 1.165) is 37.7 Å². The monoisotopic (exact) mass is 344 g/mol. The van der Waals surface area contributed by atoms with Crippen LogP contribution < -0.4 is 5.32 Å². The molecule has 1 amide bonds. The van der Waals surface area contributed by atoms with Crippen LogP contribution in [0.5, 0.6) is 0 Å². The van der Waals surface area contributed by atoms with Crippen LogP contribution in [0.4, 0.5) is 16.3 Å². The number of rotatable bonds is 5. The van der Waals surface area contributed by atoms with Gasteiger partial charge in [-0.3, -0.25) is 15.4 Å². The largest absolute Gasteiger partial charge is 0.444 e. The van der Waals surface area contributed by atoms with E-state index in [4.69, 9.17) is 4.74 Å². The van der Waals surface area contributed by atoms with Gasteiger partial charge in [-0.15, -0.1) is 0 Å². The van der Waals surface area contributed by atoms with Crippen LogP contribution in [0.15, 0.2) is 36.5 Å². The molecule has 1 saturated carbocycles. The lowest BCUT2D eigenvalue weighted by atomic mass is 9.96. The SMILES string of the molecule is O=C(Nc1c([N+](=O)[O-])cnn1C1CCCCC1)OCc1ccccc1. The number of ether oxygens (including phenoxy) is 1. The van der Waals surface area contributed by atoms with E-state index in [1.165, 1.54) is 6.20 Å². The van der Waals surface area contributed by atoms with Gasteiger partial charge >= 0.3 is 11.8 Å². The smallest absolute Gasteiger partial charge is 0.413 e. The zero-order valence-corrected chi connectivity index (χ0v) is 13.8. The molecule has 1 fully saturated rings. The molecule has 0 aliphatic heterocycles. The number of nitrogens with zero attached hydrogens (tertiary/aromatic N) is 3. The minimum absolute atomic E-state index is 0.0619. The van der Waals surface area contributed by atoms with Gasteiger partial charge in [0.05, 0.1) is 11.0 Å². The van der Waals surface area contributed by atoms with Gasteiger partial charge in [0.1, 0.15) is 12.8 Å². The molecule has 0 spiro atoms. The standard InChI is InChI=1S/C17H20N4O4/c22-17(25-12-13-7-3-1-4-8-13)19-16-15(21(23)24)11-18-20(16)14-9-5-2-6-10-14/h1,3-4,7-8,11,14H,2,5-6,9-10,12H2,(H,19,22). The molecular formula is C17H20N4O4. The quantitative estimate of drug-likeness (QED) is 0.651. The van der Waals surface area contributed by atoms with Crippen LogP contribution in [-0.4, -0.2) is 20.8 Å². The maximum Gasteiger partial charge on any atom is 0.413 e. The van der Waals surface area contributed by atoms with Crippen molar-refractivity contribution in [2.75, 3.05) is 5.32 Å². The molecule has 0 bridgehead atoms. The first-order valence-corrected chi connectivity index (χ1v) is 8.35. The van der Waals surface area contributed by atoms with Crippen LogP contribution in [-0.2, 0) is 11.3 Å². The average molecular weight is 344 g/mol. The summed E-state index contributed by atoms with van der Waals surface area (Å²) >= 11 is 0. The Morgan fingerprint density at radius 2 is 2.00 bits per heavy atom. The van der Waals surface area contributed by atoms with Crippen molar-refractivity contribution in [3.63, 3.8) is 0 Å². The summed E-state index contributed by atoms with van der Waals surface area (Å²) in [6.07, 6.45) is 5.50. The van der Waals surface area contributed by atoms with Gasteiger partial charge in [-0.1, -0.05) is 49.6 Å². The van der Waals surface area contributed by atoms with Crippen LogP contribution in [0.25, 0.3) is 0 Å². The van der Waals surface area contributed by atoms with Crippen LogP contribution in [0.3, 0.4) is 0 Å². The van der Waals surface area contributed by atoms with Crippen LogP contribution in [0, 0.1) is 10.1 Å². The molecule has 1 N–H and O–H groups in total. The molecule has 1 heterocycles. The second-order valence-electron chi connectivity index (χ2n) is 6.06. The Morgan fingerprint density at radius 1 is 1.28 bits per heavy atom. The summed E-state index contributed by atoms with van der Waals surface area (Å²) in [6, 6.07) is 9.30. The molecule has 8 nitrogen and oxygen atoms in total. The highest BCUT2D eigenvalue weighted by atomic mass is 16.6. The first-order valence-electron chi connectivity index (χ1n) is 8.35. The van der Waals surface area contributed by atoms with Gasteiger partial charge in [0.25, 0.3) is 0 Å². The van der Waals surface area contributed by atoms with Gasteiger partial charge in [-0.25, -0.2) is 9.48 Å². The predicted molar refractivity (Wildman–Crippen MR) is 91.3 cm³/mol. The molecule has 1 aliphatic carbocycles. The van der Waals surface area contributed by atoms with E-state index in [2.05, 4.69) is 10.4 Å². The molecule has 8 heteroatoms. The van der Waals surface area contributed by atoms with E-state index in [1.807, 2.05) is 30.3 Å². The van der Waals surface area contributed by atoms with E-state index in [-0.39, 0.29) is 24.2 Å². The van der Waals surface area contributed by atoms with E-state index >= 15 is 0 Å². The van der Waals surface area contributed by atoms with E-state index < -0.39 is 11.0 Å². The lowest BCUT2D eigenvalue weighted by Gasteiger charge is -2.23. The highest BCUT2D eigenvalue weighted by molar-refractivity contribution is 5.86. The van der Waals surface area contributed by atoms with Crippen molar-refractivity contribution in [2.24, 2.45) is 0 Å². The number of benzene rings is 1. The molecule has 25 heavy (non-hydrogen) atoms. The van der Waals surface area contributed by atoms with Gasteiger partial charge in [0.2, 0.25) is 5.82 Å². The Kier molecular flexibility index (Phi) is 5.27. The Balaban J connectivity index is 1.72. The predicted octanol–water partition coefficient (Wildman–Crippen LogP) is 4.05. The van der Waals surface area contributed by atoms with Gasteiger partial charge in [0, 0.05) is 0 Å². The Labute approximate surface area is 144 Å². The molecule has 1 aliphatic rings. The summed E-state index contributed by atoms with van der Waals surface area (Å²) in [6.45, 7) is 0.0953. The molecule has 0 saturated heterocycles. The zero-order valence-electron chi connectivity index (χ0n) is 13.8. The molecule has 0 radical (unpaired) electrons. The highest BCUT2D eigenvalue weighted by Crippen LogP contribution is 2.34. The number of amides is 1. The lowest BCUT2D eigenvalue weighted by Crippen LogP contribution is -2.21. The van der Waals surface area contributed by atoms with Crippen LogP contribution >= 0.6 is 0 Å². The van der Waals surface area contributed by atoms with Crippen LogP contribution in [0.1, 0.15) is 43.7 Å².